The Labute approximate surface area is 97.6 Å². The van der Waals surface area contributed by atoms with Crippen molar-refractivity contribution in [2.45, 2.75) is 6.04 Å². The molecule has 1 aromatic rings. The van der Waals surface area contributed by atoms with E-state index in [4.69, 9.17) is 5.73 Å². The van der Waals surface area contributed by atoms with Crippen molar-refractivity contribution < 1.29 is 15.1 Å². The van der Waals surface area contributed by atoms with Gasteiger partial charge in [0.25, 0.3) is 0 Å². The first-order chi connectivity index (χ1) is 6.97. The Morgan fingerprint density at radius 3 is 2.50 bits per heavy atom. The zero-order chi connectivity index (χ0) is 11.6. The molecule has 0 aliphatic rings. The van der Waals surface area contributed by atoms with E-state index in [1.54, 1.807) is 0 Å². The molecule has 6 nitrogen and oxygen atoms in total. The molecule has 1 atom stereocenters. The minimum Gasteiger partial charge on any atom is -0.504 e. The summed E-state index contributed by atoms with van der Waals surface area (Å²) in [6.07, 6.45) is 1.37. The zero-order valence-electron chi connectivity index (χ0n) is 8.16. The van der Waals surface area contributed by atoms with E-state index >= 15 is 0 Å². The molecule has 0 saturated heterocycles. The maximum Gasteiger partial charge on any atom is 0.314 e. The van der Waals surface area contributed by atoms with Crippen LogP contribution in [0.2, 0.25) is 0 Å². The van der Waals surface area contributed by atoms with Gasteiger partial charge in [-0.25, -0.2) is 0 Å². The van der Waals surface area contributed by atoms with Gasteiger partial charge in [0.2, 0.25) is 5.75 Å². The van der Waals surface area contributed by atoms with Crippen LogP contribution in [0.25, 0.3) is 0 Å². The lowest BCUT2D eigenvalue weighted by molar-refractivity contribution is -0.386. The molecule has 16 heavy (non-hydrogen) atoms. The Balaban J connectivity index is 0.00000225. The van der Waals surface area contributed by atoms with Crippen LogP contribution >= 0.6 is 12.4 Å². The second kappa shape index (κ2) is 5.34. The summed E-state index contributed by atoms with van der Waals surface area (Å²) >= 11 is 0. The fourth-order valence-electron chi connectivity index (χ4n) is 1.09. The Morgan fingerprint density at radius 1 is 1.50 bits per heavy atom. The Morgan fingerprint density at radius 2 is 2.06 bits per heavy atom. The largest absolute Gasteiger partial charge is 0.504 e. The van der Waals surface area contributed by atoms with Crippen molar-refractivity contribution in [2.75, 3.05) is 0 Å². The van der Waals surface area contributed by atoms with Crippen molar-refractivity contribution >= 4 is 18.1 Å². The summed E-state index contributed by atoms with van der Waals surface area (Å²) in [5.74, 6) is -1.34. The van der Waals surface area contributed by atoms with Crippen LogP contribution in [0, 0.1) is 10.1 Å². The van der Waals surface area contributed by atoms with E-state index < -0.39 is 28.2 Å². The molecule has 0 saturated carbocycles. The van der Waals surface area contributed by atoms with Gasteiger partial charge >= 0.3 is 5.69 Å². The molecule has 0 aromatic heterocycles. The molecule has 0 unspecified atom stereocenters. The first kappa shape index (κ1) is 14.2. The summed E-state index contributed by atoms with van der Waals surface area (Å²) in [4.78, 5) is 9.71. The predicted octanol–water partition coefficient (Wildman–Crippen LogP) is 1.61. The summed E-state index contributed by atoms with van der Waals surface area (Å²) in [5.41, 5.74) is 5.28. The molecule has 0 fully saturated rings. The van der Waals surface area contributed by atoms with Gasteiger partial charge < -0.3 is 15.9 Å². The van der Waals surface area contributed by atoms with Crippen LogP contribution < -0.4 is 5.73 Å². The predicted molar refractivity (Wildman–Crippen MR) is 60.8 cm³/mol. The van der Waals surface area contributed by atoms with Gasteiger partial charge in [-0.2, -0.15) is 0 Å². The minimum absolute atomic E-state index is 0. The number of rotatable bonds is 3. The number of hydrogen-bond acceptors (Lipinski definition) is 5. The highest BCUT2D eigenvalue weighted by Gasteiger charge is 2.20. The lowest BCUT2D eigenvalue weighted by Crippen LogP contribution is -2.06. The fraction of sp³-hybridized carbons (Fsp3) is 0.111. The summed E-state index contributed by atoms with van der Waals surface area (Å²) in [5, 5.41) is 28.9. The highest BCUT2D eigenvalue weighted by molar-refractivity contribution is 5.85. The van der Waals surface area contributed by atoms with Crippen LogP contribution in [0.5, 0.6) is 11.5 Å². The minimum atomic E-state index is -0.797. The molecule has 0 heterocycles. The van der Waals surface area contributed by atoms with Gasteiger partial charge in [-0.3, -0.25) is 10.1 Å². The van der Waals surface area contributed by atoms with Crippen molar-refractivity contribution in [3.63, 3.8) is 0 Å². The Kier molecular flexibility index (Phi) is 4.74. The van der Waals surface area contributed by atoms with E-state index in [1.165, 1.54) is 6.08 Å². The van der Waals surface area contributed by atoms with Crippen molar-refractivity contribution in [1.82, 2.24) is 0 Å². The first-order valence-electron chi connectivity index (χ1n) is 4.05. The number of phenolic OH excluding ortho intramolecular Hbond substituents is 2. The Bertz CT molecular complexity index is 422. The molecule has 1 aromatic carbocycles. The molecule has 4 N–H and O–H groups in total. The molecule has 0 spiro atoms. The molecule has 0 radical (unpaired) electrons. The lowest BCUT2D eigenvalue weighted by atomic mass is 10.1. The molecule has 0 aliphatic heterocycles. The second-order valence-corrected chi connectivity index (χ2v) is 2.93. The second-order valence-electron chi connectivity index (χ2n) is 2.93. The monoisotopic (exact) mass is 246 g/mol. The number of nitro groups is 1. The Hall–Kier alpha value is -1.79. The maximum atomic E-state index is 10.5. The van der Waals surface area contributed by atoms with E-state index in [1.807, 2.05) is 0 Å². The zero-order valence-corrected chi connectivity index (χ0v) is 8.98. The molecule has 7 heteroatoms. The summed E-state index contributed by atoms with van der Waals surface area (Å²) < 4.78 is 0. The van der Waals surface area contributed by atoms with Crippen LogP contribution in [0.3, 0.4) is 0 Å². The molecular formula is C9H11ClN2O4. The summed E-state index contributed by atoms with van der Waals surface area (Å²) in [6.45, 7) is 3.42. The van der Waals surface area contributed by atoms with Crippen molar-refractivity contribution in [3.05, 3.63) is 40.5 Å². The average molecular weight is 247 g/mol. The van der Waals surface area contributed by atoms with Crippen molar-refractivity contribution in [1.29, 1.82) is 0 Å². The van der Waals surface area contributed by atoms with Gasteiger partial charge in [-0.15, -0.1) is 19.0 Å². The van der Waals surface area contributed by atoms with Crippen LogP contribution in [-0.2, 0) is 0 Å². The van der Waals surface area contributed by atoms with Crippen LogP contribution in [0.4, 0.5) is 5.69 Å². The van der Waals surface area contributed by atoms with Gasteiger partial charge in [0, 0.05) is 12.1 Å². The number of nitrogens with zero attached hydrogens (tertiary/aromatic N) is 1. The number of benzene rings is 1. The summed E-state index contributed by atoms with van der Waals surface area (Å²) in [6, 6.07) is 1.63. The third kappa shape index (κ3) is 2.62. The number of nitro benzene ring substituents is 1. The van der Waals surface area contributed by atoms with Crippen molar-refractivity contribution in [3.8, 4) is 11.5 Å². The molecular weight excluding hydrogens is 236 g/mol. The van der Waals surface area contributed by atoms with E-state index in [2.05, 4.69) is 6.58 Å². The molecule has 0 amide bonds. The number of halogens is 1. The quantitative estimate of drug-likeness (QED) is 0.325. The lowest BCUT2D eigenvalue weighted by Gasteiger charge is -2.08. The highest BCUT2D eigenvalue weighted by atomic mass is 35.5. The standard InChI is InChI=1S/C9H10N2O4.ClH/c1-2-6(10)5-3-7(11(14)15)9(13)8(12)4-5;/h2-4,6,12-13H,1,10H2;1H/t6-;/m1./s1. The molecule has 88 valence electrons. The van der Waals surface area contributed by atoms with Gasteiger partial charge in [-0.1, -0.05) is 6.08 Å². The highest BCUT2D eigenvalue weighted by Crippen LogP contribution is 2.37. The number of aromatic hydroxyl groups is 2. The van der Waals surface area contributed by atoms with Gasteiger partial charge in [0.05, 0.1) is 4.92 Å². The topological polar surface area (TPSA) is 110 Å². The molecule has 1 rings (SSSR count). The van der Waals surface area contributed by atoms with Crippen LogP contribution in [0.15, 0.2) is 24.8 Å². The third-order valence-corrected chi connectivity index (χ3v) is 1.93. The first-order valence-corrected chi connectivity index (χ1v) is 4.05. The molecule has 0 aliphatic carbocycles. The fourth-order valence-corrected chi connectivity index (χ4v) is 1.09. The third-order valence-electron chi connectivity index (χ3n) is 1.93. The van der Waals surface area contributed by atoms with Gasteiger partial charge in [-0.05, 0) is 11.6 Å². The maximum absolute atomic E-state index is 10.5. The van der Waals surface area contributed by atoms with E-state index in [0.717, 1.165) is 12.1 Å². The number of phenols is 2. The van der Waals surface area contributed by atoms with Gasteiger partial charge in [0.15, 0.2) is 5.75 Å². The van der Waals surface area contributed by atoms with Gasteiger partial charge in [0.1, 0.15) is 0 Å². The number of nitrogens with two attached hydrogens (primary N) is 1. The van der Waals surface area contributed by atoms with E-state index in [-0.39, 0.29) is 12.4 Å². The average Bonchev–Trinajstić information content (AvgIpc) is 2.20. The van der Waals surface area contributed by atoms with E-state index in [0.29, 0.717) is 5.56 Å². The smallest absolute Gasteiger partial charge is 0.314 e. The van der Waals surface area contributed by atoms with Crippen LogP contribution in [-0.4, -0.2) is 15.1 Å². The number of hydrogen-bond donors (Lipinski definition) is 3. The van der Waals surface area contributed by atoms with Crippen molar-refractivity contribution in [2.24, 2.45) is 5.73 Å². The molecule has 0 bridgehead atoms. The van der Waals surface area contributed by atoms with E-state index in [9.17, 15) is 20.3 Å². The SMILES string of the molecule is C=C[C@@H](N)c1cc(O)c(O)c([N+](=O)[O-])c1.Cl. The summed E-state index contributed by atoms with van der Waals surface area (Å²) in [7, 11) is 0. The van der Waals surface area contributed by atoms with Crippen LogP contribution in [0.1, 0.15) is 11.6 Å². The normalized spacial score (nSPS) is 11.3.